The molecule has 12 atom stereocenters. The Labute approximate surface area is 256 Å². The summed E-state index contributed by atoms with van der Waals surface area (Å²) in [5.41, 5.74) is 1.44. The molecule has 5 aliphatic rings. The predicted molar refractivity (Wildman–Crippen MR) is 169 cm³/mol. The summed E-state index contributed by atoms with van der Waals surface area (Å²) in [6, 6.07) is 0. The lowest BCUT2D eigenvalue weighted by atomic mass is 9.43. The molecule has 3 N–H and O–H groups in total. The van der Waals surface area contributed by atoms with Gasteiger partial charge in [0.05, 0.1) is 30.5 Å². The number of allylic oxidation sites excluding steroid dienone is 1. The Kier molecular flexibility index (Phi) is 9.51. The van der Waals surface area contributed by atoms with Gasteiger partial charge in [-0.25, -0.2) is 0 Å². The van der Waals surface area contributed by atoms with Crippen molar-refractivity contribution in [2.24, 2.45) is 45.8 Å². The quantitative estimate of drug-likeness (QED) is 0.230. The molecule has 0 aromatic rings. The minimum Gasteiger partial charge on any atom is -0.394 e. The van der Waals surface area contributed by atoms with E-state index in [1.54, 1.807) is 0 Å². The summed E-state index contributed by atoms with van der Waals surface area (Å²) in [6.07, 6.45) is 17.4. The molecule has 1 saturated heterocycles. The zero-order chi connectivity index (χ0) is 30.5. The lowest BCUT2D eigenvalue weighted by Crippen LogP contribution is -2.56. The Hall–Kier alpha value is -0.720. The Morgan fingerprint density at radius 2 is 1.83 bits per heavy atom. The van der Waals surface area contributed by atoms with Gasteiger partial charge in [0.25, 0.3) is 0 Å². The van der Waals surface area contributed by atoms with Gasteiger partial charge < -0.3 is 24.8 Å². The number of hydrogen-bond donors (Lipinski definition) is 3. The molecule has 4 fully saturated rings. The monoisotopic (exact) mass is 586 g/mol. The van der Waals surface area contributed by atoms with Gasteiger partial charge in [0.1, 0.15) is 0 Å². The summed E-state index contributed by atoms with van der Waals surface area (Å²) in [7, 11) is 0. The van der Waals surface area contributed by atoms with Gasteiger partial charge in [0.2, 0.25) is 0 Å². The molecule has 0 amide bonds. The second-order valence-electron chi connectivity index (χ2n) is 16.4. The number of fused-ring (bicyclic) bond motifs is 5. The average molecular weight is 587 g/mol. The maximum absolute atomic E-state index is 10.4. The lowest BCUT2D eigenvalue weighted by Gasteiger charge is -2.62. The molecule has 0 spiro atoms. The van der Waals surface area contributed by atoms with E-state index in [0.29, 0.717) is 29.6 Å². The number of ether oxygens (including phenoxy) is 2. The van der Waals surface area contributed by atoms with Gasteiger partial charge in [-0.1, -0.05) is 57.8 Å². The van der Waals surface area contributed by atoms with E-state index in [1.807, 2.05) is 13.8 Å². The van der Waals surface area contributed by atoms with Crippen molar-refractivity contribution < 1.29 is 24.8 Å². The Morgan fingerprint density at radius 3 is 2.50 bits per heavy atom. The van der Waals surface area contributed by atoms with E-state index >= 15 is 0 Å². The van der Waals surface area contributed by atoms with E-state index in [2.05, 4.69) is 46.4 Å². The number of aliphatic hydroxyl groups excluding tert-OH is 2. The van der Waals surface area contributed by atoms with Crippen molar-refractivity contribution in [2.75, 3.05) is 6.61 Å². The van der Waals surface area contributed by atoms with E-state index in [4.69, 9.17) is 9.47 Å². The molecular weight excluding hydrogens is 524 g/mol. The SMILES string of the molecule is C=C[C@@]1(C)C2=CCC3C4CCC([C@H](CC)CCCC(C)(C)O)[C@@]4(C)CC[C@@]3(C)C2CC[C@@H]1O[C@H]1C[C@@H](O)C[C@@H](CO)O1. The summed E-state index contributed by atoms with van der Waals surface area (Å²) in [6.45, 7) is 18.1. The van der Waals surface area contributed by atoms with Crippen LogP contribution >= 0.6 is 0 Å². The molecule has 4 unspecified atom stereocenters. The smallest absolute Gasteiger partial charge is 0.160 e. The molecule has 0 aromatic carbocycles. The zero-order valence-electron chi connectivity index (χ0n) is 27.6. The van der Waals surface area contributed by atoms with Gasteiger partial charge in [-0.05, 0) is 113 Å². The van der Waals surface area contributed by atoms with Crippen LogP contribution in [0.25, 0.3) is 0 Å². The molecular formula is C37H62O5. The molecule has 42 heavy (non-hydrogen) atoms. The first kappa shape index (κ1) is 32.7. The summed E-state index contributed by atoms with van der Waals surface area (Å²) in [5, 5.41) is 30.3. The van der Waals surface area contributed by atoms with Gasteiger partial charge in [-0.2, -0.15) is 0 Å². The molecule has 5 heteroatoms. The van der Waals surface area contributed by atoms with E-state index in [-0.39, 0.29) is 24.2 Å². The molecule has 5 nitrogen and oxygen atoms in total. The standard InChI is InChI=1S/C37H62O5/c1-8-24(11-10-18-34(3,4)40)27-12-13-29-30-15-14-28-31(37(30,7)20-19-36(27,29)6)16-17-32(35(28,5)9-2)42-33-22-25(39)21-26(23-38)41-33/h9,14,24-27,29-33,38-40H,2,8,10-13,15-23H2,1,3-7H3/t24-,25+,26+,27?,29?,30?,31?,32+,33+,35+,36-,37-/m1/s1. The van der Waals surface area contributed by atoms with E-state index in [9.17, 15) is 15.3 Å². The average Bonchev–Trinajstić information content (AvgIpc) is 3.28. The maximum atomic E-state index is 10.4. The summed E-state index contributed by atoms with van der Waals surface area (Å²) >= 11 is 0. The van der Waals surface area contributed by atoms with Crippen LogP contribution in [0.3, 0.4) is 0 Å². The topological polar surface area (TPSA) is 79.2 Å². The van der Waals surface area contributed by atoms with Gasteiger partial charge in [-0.3, -0.25) is 0 Å². The molecule has 0 radical (unpaired) electrons. The van der Waals surface area contributed by atoms with Gasteiger partial charge in [0.15, 0.2) is 6.29 Å². The first-order valence-electron chi connectivity index (χ1n) is 17.5. The number of aliphatic hydroxyl groups is 3. The van der Waals surface area contributed by atoms with Crippen molar-refractivity contribution in [3.05, 3.63) is 24.3 Å². The summed E-state index contributed by atoms with van der Waals surface area (Å²) in [5.74, 6) is 3.65. The Balaban J connectivity index is 1.33. The van der Waals surface area contributed by atoms with Gasteiger partial charge in [-0.15, -0.1) is 6.58 Å². The molecule has 240 valence electrons. The highest BCUT2D eigenvalue weighted by atomic mass is 16.7. The van der Waals surface area contributed by atoms with Gasteiger partial charge in [0, 0.05) is 18.3 Å². The first-order chi connectivity index (χ1) is 19.8. The number of rotatable bonds is 10. The summed E-state index contributed by atoms with van der Waals surface area (Å²) in [4.78, 5) is 0. The summed E-state index contributed by atoms with van der Waals surface area (Å²) < 4.78 is 12.7. The zero-order valence-corrected chi connectivity index (χ0v) is 27.6. The van der Waals surface area contributed by atoms with E-state index in [0.717, 1.165) is 55.8 Å². The molecule has 1 aliphatic heterocycles. The molecule has 3 saturated carbocycles. The normalized spacial score (nSPS) is 46.3. The third-order valence-corrected chi connectivity index (χ3v) is 13.5. The van der Waals surface area contributed by atoms with Crippen LogP contribution in [0.15, 0.2) is 24.3 Å². The minimum absolute atomic E-state index is 0.0359. The van der Waals surface area contributed by atoms with Crippen molar-refractivity contribution in [3.8, 4) is 0 Å². The molecule has 0 aromatic heterocycles. The second kappa shape index (κ2) is 12.2. The van der Waals surface area contributed by atoms with Crippen LogP contribution in [-0.2, 0) is 9.47 Å². The molecule has 4 aliphatic carbocycles. The highest BCUT2D eigenvalue weighted by Gasteiger charge is 2.62. The van der Waals surface area contributed by atoms with E-state index < -0.39 is 18.0 Å². The molecule has 1 heterocycles. The van der Waals surface area contributed by atoms with Crippen LogP contribution in [0.5, 0.6) is 0 Å². The van der Waals surface area contributed by atoms with E-state index in [1.165, 1.54) is 44.1 Å². The van der Waals surface area contributed by atoms with Crippen molar-refractivity contribution in [2.45, 2.75) is 155 Å². The van der Waals surface area contributed by atoms with Crippen molar-refractivity contribution in [1.82, 2.24) is 0 Å². The van der Waals surface area contributed by atoms with Crippen molar-refractivity contribution in [1.29, 1.82) is 0 Å². The van der Waals surface area contributed by atoms with Crippen LogP contribution in [-0.4, -0.2) is 52.1 Å². The Bertz CT molecular complexity index is 985. The van der Waals surface area contributed by atoms with Crippen LogP contribution in [0, 0.1) is 45.8 Å². The fourth-order valence-corrected chi connectivity index (χ4v) is 11.1. The fourth-order valence-electron chi connectivity index (χ4n) is 11.1. The largest absolute Gasteiger partial charge is 0.394 e. The number of hydrogen-bond acceptors (Lipinski definition) is 5. The third kappa shape index (κ3) is 5.84. The van der Waals surface area contributed by atoms with Gasteiger partial charge >= 0.3 is 0 Å². The van der Waals surface area contributed by atoms with Crippen LogP contribution in [0.4, 0.5) is 0 Å². The highest BCUT2D eigenvalue weighted by Crippen LogP contribution is 2.70. The second-order valence-corrected chi connectivity index (χ2v) is 16.4. The minimum atomic E-state index is -0.560. The maximum Gasteiger partial charge on any atom is 0.160 e. The van der Waals surface area contributed by atoms with Crippen LogP contribution in [0.2, 0.25) is 0 Å². The third-order valence-electron chi connectivity index (χ3n) is 13.5. The highest BCUT2D eigenvalue weighted by molar-refractivity contribution is 5.33. The molecule has 5 rings (SSSR count). The van der Waals surface area contributed by atoms with Crippen molar-refractivity contribution >= 4 is 0 Å². The lowest BCUT2D eigenvalue weighted by molar-refractivity contribution is -0.253. The van der Waals surface area contributed by atoms with Crippen LogP contribution in [0.1, 0.15) is 125 Å². The predicted octanol–water partition coefficient (Wildman–Crippen LogP) is 7.58. The van der Waals surface area contributed by atoms with Crippen LogP contribution < -0.4 is 0 Å². The molecule has 0 bridgehead atoms. The van der Waals surface area contributed by atoms with Crippen molar-refractivity contribution in [3.63, 3.8) is 0 Å². The Morgan fingerprint density at radius 1 is 1.10 bits per heavy atom. The first-order valence-corrected chi connectivity index (χ1v) is 17.5. The fraction of sp³-hybridized carbons (Fsp3) is 0.892.